The van der Waals surface area contributed by atoms with Crippen molar-refractivity contribution >= 4 is 77.9 Å². The highest BCUT2D eigenvalue weighted by Crippen LogP contribution is 2.65. The molecule has 4 aliphatic rings. The van der Waals surface area contributed by atoms with Gasteiger partial charge in [0, 0.05) is 49.6 Å². The number of carbonyl (C=O) groups excluding carboxylic acids is 9. The van der Waals surface area contributed by atoms with Gasteiger partial charge in [0.2, 0.25) is 49.0 Å². The topological polar surface area (TPSA) is 340 Å². The molecule has 8 rings (SSSR count). The van der Waals surface area contributed by atoms with Crippen molar-refractivity contribution < 1.29 is 94.0 Å². The fourth-order valence-corrected chi connectivity index (χ4v) is 14.7. The number of halogens is 3. The van der Waals surface area contributed by atoms with Gasteiger partial charge in [0.1, 0.15) is 29.9 Å². The van der Waals surface area contributed by atoms with Gasteiger partial charge >= 0.3 is 25.2 Å². The summed E-state index contributed by atoms with van der Waals surface area (Å²) in [5, 5.41) is 22.1. The Labute approximate surface area is 644 Å². The van der Waals surface area contributed by atoms with E-state index in [0.29, 0.717) is 42.9 Å². The first-order valence-corrected chi connectivity index (χ1v) is 39.2. The van der Waals surface area contributed by atoms with E-state index in [4.69, 9.17) is 33.7 Å². The molecule has 2 fully saturated rings. The van der Waals surface area contributed by atoms with E-state index < -0.39 is 150 Å². The number of ether oxygens (including phenoxy) is 4. The average Bonchev–Trinajstić information content (AvgIpc) is 1.70. The number of nitrogens with zero attached hydrogens (tertiary/aromatic N) is 3. The lowest BCUT2D eigenvalue weighted by Crippen LogP contribution is -2.59. The van der Waals surface area contributed by atoms with Crippen molar-refractivity contribution in [3.05, 3.63) is 147 Å². The number of nitrogens with two attached hydrogens (primary N) is 1. The average molecular weight is 1570 g/mol. The molecule has 0 unspecified atom stereocenters. The molecule has 1 saturated carbocycles. The number of primary amides is 1. The Morgan fingerprint density at radius 3 is 2.11 bits per heavy atom. The number of carbonyl (C=O) groups is 9. The van der Waals surface area contributed by atoms with E-state index in [2.05, 4.69) is 32.8 Å². The largest absolute Gasteiger partial charge is 0.493 e. The Morgan fingerprint density at radius 1 is 0.864 bits per heavy atom. The summed E-state index contributed by atoms with van der Waals surface area (Å²) in [4.78, 5) is 129. The lowest BCUT2D eigenvalue weighted by molar-refractivity contribution is -0.163. The zero-order chi connectivity index (χ0) is 81.0. The molecule has 0 radical (unpaired) electrons. The van der Waals surface area contributed by atoms with E-state index >= 15 is 8.78 Å². The summed E-state index contributed by atoms with van der Waals surface area (Å²) in [6, 6.07) is 13.9. The van der Waals surface area contributed by atoms with Gasteiger partial charge in [-0.1, -0.05) is 100 Å². The summed E-state index contributed by atoms with van der Waals surface area (Å²) in [6.45, 7) is 22.1. The Balaban J connectivity index is 0.859. The monoisotopic (exact) mass is 1570 g/mol. The van der Waals surface area contributed by atoms with Crippen molar-refractivity contribution in [2.24, 2.45) is 22.0 Å². The van der Waals surface area contributed by atoms with Gasteiger partial charge in [-0.05, 0) is 171 Å². The third kappa shape index (κ3) is 22.3. The van der Waals surface area contributed by atoms with Crippen LogP contribution < -0.4 is 36.6 Å². The molecule has 1 saturated heterocycles. The molecule has 3 aromatic carbocycles. The lowest BCUT2D eigenvalue weighted by Gasteiger charge is -2.35. The van der Waals surface area contributed by atoms with Crippen LogP contribution in [-0.2, 0) is 103 Å². The summed E-state index contributed by atoms with van der Waals surface area (Å²) in [5.74, 6) is -5.54. The molecule has 25 nitrogen and oxygen atoms in total. The minimum absolute atomic E-state index is 0.0247. The van der Waals surface area contributed by atoms with Crippen LogP contribution in [0.5, 0.6) is 5.75 Å². The normalized spacial score (nSPS) is 19.0. The first-order valence-electron chi connectivity index (χ1n) is 36.8. The van der Waals surface area contributed by atoms with Gasteiger partial charge in [-0.3, -0.25) is 61.7 Å². The van der Waals surface area contributed by atoms with Crippen molar-refractivity contribution in [3.63, 3.8) is 0 Å². The maximum Gasteiger partial charge on any atom is 0.409 e. The predicted octanol–water partition coefficient (Wildman–Crippen LogP) is 11.1. The predicted molar refractivity (Wildman–Crippen MR) is 407 cm³/mol. The molecule has 0 spiro atoms. The minimum Gasteiger partial charge on any atom is -0.493 e. The second-order valence-corrected chi connectivity index (χ2v) is 34.5. The number of hydrogen-bond donors (Lipinski definition) is 6. The van der Waals surface area contributed by atoms with Crippen LogP contribution in [0.1, 0.15) is 168 Å². The molecule has 7 N–H and O–H groups in total. The highest BCUT2D eigenvalue weighted by molar-refractivity contribution is 7.55. The number of unbranched alkanes of at least 4 members (excludes halogenated alkanes) is 1. The highest BCUT2D eigenvalue weighted by Gasteiger charge is 2.57. The van der Waals surface area contributed by atoms with Crippen molar-refractivity contribution in [2.45, 2.75) is 228 Å². The second kappa shape index (κ2) is 36.5. The van der Waals surface area contributed by atoms with Gasteiger partial charge < -0.3 is 56.0 Å². The first-order chi connectivity index (χ1) is 51.5. The van der Waals surface area contributed by atoms with Crippen LogP contribution >= 0.6 is 18.9 Å². The number of aliphatic hydroxyl groups is 1. The smallest absolute Gasteiger partial charge is 0.409 e. The zero-order valence-corrected chi connectivity index (χ0v) is 66.5. The summed E-state index contributed by atoms with van der Waals surface area (Å²) >= 11 is 1.49. The van der Waals surface area contributed by atoms with Gasteiger partial charge in [-0.2, -0.15) is 8.78 Å². The fourth-order valence-electron chi connectivity index (χ4n) is 12.6. The Morgan fingerprint density at radius 2 is 1.51 bits per heavy atom. The summed E-state index contributed by atoms with van der Waals surface area (Å²) in [6.07, 6.45) is 5.73. The molecular formula is C80H104F3N8O17PS. The Hall–Kier alpha value is -8.86. The van der Waals surface area contributed by atoms with Gasteiger partial charge in [0.15, 0.2) is 5.67 Å². The number of amides is 7. The van der Waals surface area contributed by atoms with Crippen molar-refractivity contribution in [3.8, 4) is 16.2 Å². The number of rotatable bonds is 35. The number of aryl methyl sites for hydroxylation is 3. The molecule has 30 heteroatoms. The van der Waals surface area contributed by atoms with Gasteiger partial charge in [-0.15, -0.1) is 11.3 Å². The number of esters is 2. The number of benzene rings is 3. The number of para-hydroxylation sites is 1. The highest BCUT2D eigenvalue weighted by atomic mass is 32.1. The molecule has 110 heavy (non-hydrogen) atoms. The maximum atomic E-state index is 16.3. The number of anilines is 1. The van der Waals surface area contributed by atoms with Crippen LogP contribution in [0.25, 0.3) is 10.4 Å². The number of aliphatic hydroxyl groups excluding tert-OH is 1. The lowest BCUT2D eigenvalue weighted by atomic mass is 9.85. The fraction of sp³-hybridized carbons (Fsp3) is 0.525. The van der Waals surface area contributed by atoms with Crippen LogP contribution in [0.15, 0.2) is 114 Å². The van der Waals surface area contributed by atoms with Gasteiger partial charge in [0.25, 0.3) is 5.91 Å². The Bertz CT molecular complexity index is 4200. The molecule has 1 aliphatic carbocycles. The SMILES string of the molecule is C=CC(=C\C=C(/C)C(F)(F)P(=O)(OCOC(=O)C(C)(C)C)OCOC(=O)C(C)(C)C)/C(C)=C/C(=O)N[C@H]1CCc2cccc3c2N(C1=O)[C@H](C(=O)N[C@@H](CCC(N)=O)[C@@H](C)OCc1ccc(CCCCOc2cc(-c4scnc4C)ccc2CNC(=O)[C@@H]2C[C@@H](O)CN2C(=O)[C@@H](NC(=O)C2(F)CC2)C(C)(C)C)cc1)C3. The van der Waals surface area contributed by atoms with Crippen LogP contribution in [0, 0.1) is 23.2 Å². The van der Waals surface area contributed by atoms with Crippen molar-refractivity contribution in [2.75, 3.05) is 31.6 Å². The number of β-amino-alcohol motifs (C(OH)–C–C–N with tert-alkyl or cyclic N) is 1. The van der Waals surface area contributed by atoms with Crippen LogP contribution in [-0.4, -0.2) is 149 Å². The number of alkyl halides is 3. The molecule has 598 valence electrons. The molecule has 4 aromatic rings. The van der Waals surface area contributed by atoms with E-state index in [9.17, 15) is 57.2 Å². The Kier molecular flexibility index (Phi) is 28.8. The molecule has 0 bridgehead atoms. The number of allylic oxidation sites excluding steroid dienone is 6. The maximum absolute atomic E-state index is 16.3. The van der Waals surface area contributed by atoms with E-state index in [0.717, 1.165) is 63.9 Å². The van der Waals surface area contributed by atoms with E-state index in [1.54, 1.807) is 33.2 Å². The van der Waals surface area contributed by atoms with E-state index in [1.807, 2.05) is 67.6 Å². The molecule has 1 aromatic heterocycles. The number of nitrogens with one attached hydrogen (secondary N) is 4. The van der Waals surface area contributed by atoms with Crippen molar-refractivity contribution in [1.82, 2.24) is 31.2 Å². The quantitative estimate of drug-likeness (QED) is 0.00622. The van der Waals surface area contributed by atoms with Crippen molar-refractivity contribution in [1.29, 1.82) is 0 Å². The minimum atomic E-state index is -5.63. The zero-order valence-electron chi connectivity index (χ0n) is 64.8. The van der Waals surface area contributed by atoms with E-state index in [1.165, 1.54) is 81.8 Å². The number of likely N-dealkylation sites (tertiary alicyclic amines) is 1. The molecule has 7 atom stereocenters. The number of aromatic nitrogens is 1. The standard InChI is InChI=1S/C80H104F3N8O17PS/c1-15-53(27-22-48(3)80(82,83)109(102,107-45-105-74(100)77(9,10)11)108-46-106-75(101)78(12,13)14)47(2)37-65(94)87-60-31-30-54-20-18-21-55-38-62(91(66(54)55)71(60)97)70(96)88-59(32-33-64(84)93)50(5)104-43-52-25-23-51(24-26-52)19-16-17-36-103-63-39-56(67-49(4)86-44-110-67)28-29-57(63)41-85-69(95)61-40-58(92)42-90(61)72(98)68(76(6,7)8)89-73(99)79(81)34-35-79/h15,18,20-29,37,39,44,50,58-62,68,92H,1,16-17,19,30-36,38,40-43,45-46H2,2-14H3,(H2,84,93)(H,85,95)(H,87,94)(H,88,96)(H,89,99)/b47-37+,48-22+,53-27+/t50-,58-,59+,60+,61+,62+,68-/m1/s1. The summed E-state index contributed by atoms with van der Waals surface area (Å²) < 4.78 is 93.9. The molecule has 7 amide bonds. The van der Waals surface area contributed by atoms with Crippen LogP contribution in [0.3, 0.4) is 0 Å². The summed E-state index contributed by atoms with van der Waals surface area (Å²) in [5.41, 5.74) is 3.86. The first kappa shape index (κ1) is 86.7. The van der Waals surface area contributed by atoms with Crippen LogP contribution in [0.4, 0.5) is 18.9 Å². The summed E-state index contributed by atoms with van der Waals surface area (Å²) in [7, 11) is -5.63. The third-order valence-electron chi connectivity index (χ3n) is 19.6. The number of thiazole rings is 1. The van der Waals surface area contributed by atoms with E-state index in [-0.39, 0.29) is 75.8 Å². The molecule has 3 aliphatic heterocycles. The van der Waals surface area contributed by atoms with Crippen LogP contribution in [0.2, 0.25) is 0 Å². The van der Waals surface area contributed by atoms with Gasteiger partial charge in [-0.25, -0.2) is 9.37 Å². The molecular weight excluding hydrogens is 1460 g/mol. The number of hydrogen-bond acceptors (Lipinski definition) is 19. The molecule has 4 heterocycles. The second-order valence-electron chi connectivity index (χ2n) is 31.6. The third-order valence-corrected chi connectivity index (χ3v) is 22.5. The van der Waals surface area contributed by atoms with Gasteiger partial charge in [0.05, 0.1) is 64.1 Å².